The Bertz CT molecular complexity index is 3210. The Hall–Kier alpha value is -7.61. The highest BCUT2D eigenvalue weighted by Gasteiger charge is 2.55. The van der Waals surface area contributed by atoms with Gasteiger partial charge in [-0.2, -0.15) is 5.10 Å². The third-order valence-electron chi connectivity index (χ3n) is 14.9. The summed E-state index contributed by atoms with van der Waals surface area (Å²) in [5.74, 6) is 3.59. The van der Waals surface area contributed by atoms with E-state index in [0.717, 1.165) is 81.6 Å². The van der Waals surface area contributed by atoms with Crippen molar-refractivity contribution in [3.05, 3.63) is 139 Å². The van der Waals surface area contributed by atoms with Crippen molar-refractivity contribution in [2.45, 2.75) is 184 Å². The molecule has 4 amide bonds. The number of nitrogens with one attached hydrogen (secondary N) is 2. The number of rotatable bonds is 10. The molecule has 0 atom stereocenters. The maximum absolute atomic E-state index is 13.3. The third kappa shape index (κ3) is 17.8. The predicted octanol–water partition coefficient (Wildman–Crippen LogP) is 8.46. The number of fused-ring (bicyclic) bond motifs is 1. The molecule has 5 aliphatic carbocycles. The smallest absolute Gasteiger partial charge is 0.410 e. The highest BCUT2D eigenvalue weighted by atomic mass is 35.5. The number of aromatic nitrogens is 12. The van der Waals surface area contributed by atoms with Gasteiger partial charge in [-0.25, -0.2) is 64.2 Å². The molecule has 5 fully saturated rings. The lowest BCUT2D eigenvalue weighted by Gasteiger charge is -2.31. The topological polar surface area (TPSA) is 302 Å². The summed E-state index contributed by atoms with van der Waals surface area (Å²) in [4.78, 5) is 96.7. The second kappa shape index (κ2) is 27.6. The summed E-state index contributed by atoms with van der Waals surface area (Å²) in [6.45, 7) is 17.9. The molecule has 6 aromatic rings. The van der Waals surface area contributed by atoms with E-state index in [-0.39, 0.29) is 59.5 Å². The van der Waals surface area contributed by atoms with E-state index in [1.165, 1.54) is 0 Å². The zero-order valence-electron chi connectivity index (χ0n) is 51.9. The molecule has 0 unspecified atom stereocenters. The van der Waals surface area contributed by atoms with Crippen molar-refractivity contribution in [2.24, 2.45) is 5.73 Å². The summed E-state index contributed by atoms with van der Waals surface area (Å²) >= 11 is 0. The van der Waals surface area contributed by atoms with Crippen LogP contribution in [0.2, 0.25) is 0 Å². The van der Waals surface area contributed by atoms with Crippen LogP contribution in [0.5, 0.6) is 0 Å². The highest BCUT2D eigenvalue weighted by Crippen LogP contribution is 2.50. The maximum atomic E-state index is 13.3. The van der Waals surface area contributed by atoms with E-state index in [0.29, 0.717) is 42.7 Å². The van der Waals surface area contributed by atoms with Crippen molar-refractivity contribution in [2.75, 3.05) is 27.7 Å². The van der Waals surface area contributed by atoms with Crippen LogP contribution in [0.1, 0.15) is 172 Å². The molecule has 7 heterocycles. The van der Waals surface area contributed by atoms with Gasteiger partial charge in [-0.15, -0.1) is 24.8 Å². The first-order valence-corrected chi connectivity index (χ1v) is 28.8. The monoisotopic (exact) mass is 1240 g/mol. The molecule has 6 aromatic heterocycles. The number of nitrogens with two attached hydrogens (primary N) is 1. The first-order chi connectivity index (χ1) is 40.2. The Morgan fingerprint density at radius 2 is 0.908 bits per heavy atom. The average molecular weight is 1240 g/mol. The molecular formula is C60H84Cl2N18O7. The molecule has 87 heavy (non-hydrogen) atoms. The zero-order chi connectivity index (χ0) is 61.5. The molecule has 0 saturated heterocycles. The first kappa shape index (κ1) is 68.5. The standard InChI is InChI=1S/C20H26N6O3.C13H19N3O2.C12H17N3O2.C8H11N3.C7H9N3.2ClH/c1-19(2,3)29-18(28)25-10-11-26-15(13-25)14(12-23-26)16(27)24(4)20(6-7-20)17-21-8-5-9-22-17;1-12(2,3)18-11(17)16(4)13(6-7-13)10-14-8-5-9-15-10;1-11(2,3)17-10(16)15-12(5-6-12)9-13-7-4-8-14-9;1-9-8(3-4-8)7-10-5-2-6-11-7;8-7(2-3-7)6-9-4-1-5-10-6;;/h5,8-9,12H,6-7,10-11,13H2,1-4H3;5,8-9H,6-7H2,1-4H3;4,7-8H,5-6H2,1-3H3,(H,15,16);2,5-6,9H,3-4H2,1H3;1,4-5H,2-3,8H2;2*1H. The van der Waals surface area contributed by atoms with Gasteiger partial charge in [0.05, 0.1) is 41.6 Å². The van der Waals surface area contributed by atoms with Crippen LogP contribution >= 0.6 is 24.8 Å². The normalized spacial score (nSPS) is 17.6. The quantitative estimate of drug-likeness (QED) is 0.108. The van der Waals surface area contributed by atoms with Gasteiger partial charge in [0.1, 0.15) is 45.1 Å². The van der Waals surface area contributed by atoms with Crippen LogP contribution < -0.4 is 16.4 Å². The van der Waals surface area contributed by atoms with Crippen LogP contribution in [0.3, 0.4) is 0 Å². The van der Waals surface area contributed by atoms with Gasteiger partial charge < -0.3 is 40.4 Å². The van der Waals surface area contributed by atoms with E-state index in [1.807, 2.05) is 75.4 Å². The van der Waals surface area contributed by atoms with Crippen LogP contribution in [0.15, 0.2) is 98.5 Å². The molecule has 0 radical (unpaired) electrons. The fourth-order valence-corrected chi connectivity index (χ4v) is 9.27. The summed E-state index contributed by atoms with van der Waals surface area (Å²) in [6, 6.07) is 8.94. The minimum absolute atomic E-state index is 0. The van der Waals surface area contributed by atoms with Gasteiger partial charge in [-0.3, -0.25) is 14.4 Å². The van der Waals surface area contributed by atoms with Crippen LogP contribution in [0, 0.1) is 0 Å². The van der Waals surface area contributed by atoms with E-state index >= 15 is 0 Å². The van der Waals surface area contributed by atoms with E-state index in [9.17, 15) is 19.2 Å². The fraction of sp³-hybridized carbons (Fsp3) is 0.550. The number of hydrogen-bond acceptors (Lipinski definition) is 20. The van der Waals surface area contributed by atoms with Crippen LogP contribution in [-0.4, -0.2) is 143 Å². The molecule has 0 aromatic carbocycles. The summed E-state index contributed by atoms with van der Waals surface area (Å²) in [6.07, 6.45) is 27.2. The number of hydrogen-bond donors (Lipinski definition) is 3. The van der Waals surface area contributed by atoms with Crippen molar-refractivity contribution in [3.8, 4) is 0 Å². The second-order valence-electron chi connectivity index (χ2n) is 25.2. The molecule has 25 nitrogen and oxygen atoms in total. The number of amides is 4. The molecule has 4 N–H and O–H groups in total. The number of carbonyl (C=O) groups excluding carboxylic acids is 4. The number of ether oxygens (including phenoxy) is 3. The molecule has 0 bridgehead atoms. The van der Waals surface area contributed by atoms with Crippen LogP contribution in [0.25, 0.3) is 0 Å². The van der Waals surface area contributed by atoms with E-state index in [2.05, 4.69) is 65.6 Å². The first-order valence-electron chi connectivity index (χ1n) is 28.8. The van der Waals surface area contributed by atoms with Gasteiger partial charge in [0.2, 0.25) is 0 Å². The Morgan fingerprint density at radius 1 is 0.517 bits per heavy atom. The van der Waals surface area contributed by atoms with Gasteiger partial charge in [0, 0.05) is 82.6 Å². The van der Waals surface area contributed by atoms with Gasteiger partial charge >= 0.3 is 18.3 Å². The fourth-order valence-electron chi connectivity index (χ4n) is 9.27. The summed E-state index contributed by atoms with van der Waals surface area (Å²) < 4.78 is 17.9. The van der Waals surface area contributed by atoms with Crippen LogP contribution in [0.4, 0.5) is 14.4 Å². The molecule has 27 heteroatoms. The van der Waals surface area contributed by atoms with E-state index < -0.39 is 34.0 Å². The minimum Gasteiger partial charge on any atom is -0.444 e. The van der Waals surface area contributed by atoms with Gasteiger partial charge in [-0.05, 0) is 164 Å². The summed E-state index contributed by atoms with van der Waals surface area (Å²) in [7, 11) is 5.49. The van der Waals surface area contributed by atoms with Crippen molar-refractivity contribution >= 4 is 49.0 Å². The van der Waals surface area contributed by atoms with E-state index in [1.54, 1.807) is 126 Å². The second-order valence-corrected chi connectivity index (χ2v) is 25.2. The summed E-state index contributed by atoms with van der Waals surface area (Å²) in [5, 5.41) is 10.5. The van der Waals surface area contributed by atoms with Crippen molar-refractivity contribution in [3.63, 3.8) is 0 Å². The van der Waals surface area contributed by atoms with Gasteiger partial charge in [0.25, 0.3) is 5.91 Å². The SMILES string of the molecule is CC(C)(C)OC(=O)NC1(c2ncccn2)CC1.CN(C(=O)OC(C)(C)C)C1(c2ncccn2)CC1.CN(C(=O)c1cnn2c1CN(C(=O)OC(C)(C)C)CC2)C1(c2ncccn2)CC1.CNC1(c2ncccn2)CC1.Cl.Cl.NC1(c2ncccn2)CC1. The van der Waals surface area contributed by atoms with E-state index in [4.69, 9.17) is 19.9 Å². The lowest BCUT2D eigenvalue weighted by Crippen LogP contribution is -2.43. The van der Waals surface area contributed by atoms with Crippen molar-refractivity contribution < 1.29 is 33.4 Å². The Kier molecular flexibility index (Phi) is 21.7. The Balaban J connectivity index is 0.000000182. The minimum atomic E-state index is -0.568. The molecular weight excluding hydrogens is 1160 g/mol. The third-order valence-corrected chi connectivity index (χ3v) is 14.9. The molecule has 1 aliphatic heterocycles. The number of alkyl carbamates (subject to hydrolysis) is 1. The Morgan fingerprint density at radius 3 is 1.29 bits per heavy atom. The van der Waals surface area contributed by atoms with Gasteiger partial charge in [-0.1, -0.05) is 0 Å². The maximum Gasteiger partial charge on any atom is 0.410 e. The molecule has 470 valence electrons. The van der Waals surface area contributed by atoms with Crippen molar-refractivity contribution in [1.82, 2.24) is 85.0 Å². The molecule has 5 saturated carbocycles. The number of halogens is 2. The zero-order valence-corrected chi connectivity index (χ0v) is 53.5. The van der Waals surface area contributed by atoms with Gasteiger partial charge in [0.15, 0.2) is 17.5 Å². The molecule has 12 rings (SSSR count). The van der Waals surface area contributed by atoms with Crippen molar-refractivity contribution in [1.29, 1.82) is 0 Å². The Labute approximate surface area is 521 Å². The molecule has 6 aliphatic rings. The van der Waals surface area contributed by atoms with Crippen LogP contribution in [-0.2, 0) is 55.0 Å². The number of nitrogens with zero attached hydrogens (tertiary/aromatic N) is 15. The lowest BCUT2D eigenvalue weighted by atomic mass is 10.1. The summed E-state index contributed by atoms with van der Waals surface area (Å²) in [5.41, 5.74) is 4.21. The number of carbonyl (C=O) groups is 4. The predicted molar refractivity (Wildman–Crippen MR) is 327 cm³/mol. The largest absolute Gasteiger partial charge is 0.444 e. The molecule has 0 spiro atoms. The lowest BCUT2D eigenvalue weighted by molar-refractivity contribution is 0.0175. The average Bonchev–Trinajstić information content (AvgIpc) is 2.02. The highest BCUT2D eigenvalue weighted by molar-refractivity contribution is 5.96.